The molecule has 0 bridgehead atoms. The van der Waals surface area contributed by atoms with Crippen molar-refractivity contribution < 1.29 is 44.1 Å². The SMILES string of the molecule is Cc1cnccc1-c1cccc([C@H](C)N(CCCC(=O)NCCNC(=O)CS(=O)(=O)O)S(=O)(=O)c2ccccc2C(F)(F)F)c1. The molecule has 3 aromatic rings. The summed E-state index contributed by atoms with van der Waals surface area (Å²) in [5.41, 5.74) is 1.69. The molecule has 2 amide bonds. The van der Waals surface area contributed by atoms with E-state index in [4.69, 9.17) is 4.55 Å². The van der Waals surface area contributed by atoms with E-state index in [1.807, 2.05) is 13.0 Å². The zero-order valence-electron chi connectivity index (χ0n) is 24.4. The standard InChI is InChI=1S/C29H33F3N4O7S2/c1-20-18-33-13-12-24(20)23-8-5-7-22(17-23)21(2)36(45(42,43)26-10-4-3-9-25(26)29(30,31)32)16-6-11-27(37)34-14-15-35-28(38)19-44(39,40)41/h3-5,7-10,12-13,17-18,21H,6,11,14-16,19H2,1-2H3,(H,34,37)(H,35,38)(H,39,40,41)/t21-/m0/s1. The number of hydrogen-bond donors (Lipinski definition) is 3. The Morgan fingerprint density at radius 1 is 0.978 bits per heavy atom. The topological polar surface area (TPSA) is 163 Å². The average molecular weight is 671 g/mol. The van der Waals surface area contributed by atoms with Crippen LogP contribution in [0.5, 0.6) is 0 Å². The van der Waals surface area contributed by atoms with Crippen LogP contribution in [0.15, 0.2) is 71.9 Å². The molecule has 1 atom stereocenters. The molecular weight excluding hydrogens is 637 g/mol. The summed E-state index contributed by atoms with van der Waals surface area (Å²) >= 11 is 0. The molecular formula is C29H33F3N4O7S2. The lowest BCUT2D eigenvalue weighted by molar-refractivity contribution is -0.140. The predicted molar refractivity (Wildman–Crippen MR) is 160 cm³/mol. The van der Waals surface area contributed by atoms with Gasteiger partial charge in [-0.15, -0.1) is 0 Å². The van der Waals surface area contributed by atoms with Gasteiger partial charge in [0.05, 0.1) is 10.5 Å². The largest absolute Gasteiger partial charge is 0.417 e. The smallest absolute Gasteiger partial charge is 0.354 e. The van der Waals surface area contributed by atoms with Gasteiger partial charge in [-0.1, -0.05) is 30.3 Å². The molecule has 0 fully saturated rings. The second kappa shape index (κ2) is 14.9. The number of carbonyl (C=O) groups excluding carboxylic acids is 2. The monoisotopic (exact) mass is 670 g/mol. The van der Waals surface area contributed by atoms with E-state index in [1.165, 1.54) is 6.07 Å². The molecule has 0 aliphatic carbocycles. The lowest BCUT2D eigenvalue weighted by atomic mass is 9.98. The summed E-state index contributed by atoms with van der Waals surface area (Å²) in [5.74, 6) is -2.63. The van der Waals surface area contributed by atoms with E-state index in [1.54, 1.807) is 43.6 Å². The molecule has 0 aliphatic rings. The number of hydrogen-bond acceptors (Lipinski definition) is 7. The van der Waals surface area contributed by atoms with Crippen LogP contribution in [0.25, 0.3) is 11.1 Å². The van der Waals surface area contributed by atoms with Gasteiger partial charge in [0, 0.05) is 44.5 Å². The maximum atomic E-state index is 13.9. The number of aryl methyl sites for hydroxylation is 1. The summed E-state index contributed by atoms with van der Waals surface area (Å²) in [4.78, 5) is 27.0. The van der Waals surface area contributed by atoms with Crippen LogP contribution in [0.4, 0.5) is 13.2 Å². The van der Waals surface area contributed by atoms with E-state index in [0.717, 1.165) is 33.1 Å². The number of pyridine rings is 1. The summed E-state index contributed by atoms with van der Waals surface area (Å²) in [7, 11) is -9.24. The van der Waals surface area contributed by atoms with Crippen molar-refractivity contribution in [3.05, 3.63) is 83.7 Å². The molecule has 0 unspecified atom stereocenters. The van der Waals surface area contributed by atoms with Crippen LogP contribution >= 0.6 is 0 Å². The minimum atomic E-state index is -4.94. The molecule has 0 spiro atoms. The van der Waals surface area contributed by atoms with Crippen molar-refractivity contribution in [1.29, 1.82) is 0 Å². The third-order valence-electron chi connectivity index (χ3n) is 6.78. The summed E-state index contributed by atoms with van der Waals surface area (Å²) in [6, 6.07) is 11.8. The Kier molecular flexibility index (Phi) is 11.8. The minimum absolute atomic E-state index is 0.0537. The molecule has 11 nitrogen and oxygen atoms in total. The van der Waals surface area contributed by atoms with E-state index in [9.17, 15) is 39.6 Å². The fourth-order valence-corrected chi connectivity index (χ4v) is 6.91. The van der Waals surface area contributed by atoms with E-state index < -0.39 is 60.4 Å². The Balaban J connectivity index is 1.82. The molecule has 0 saturated heterocycles. The van der Waals surface area contributed by atoms with Crippen molar-refractivity contribution in [2.75, 3.05) is 25.4 Å². The number of halogens is 3. The zero-order valence-corrected chi connectivity index (χ0v) is 26.0. The molecule has 3 rings (SSSR count). The molecule has 2 aromatic carbocycles. The number of rotatable bonds is 14. The van der Waals surface area contributed by atoms with Crippen LogP contribution < -0.4 is 10.6 Å². The summed E-state index contributed by atoms with van der Waals surface area (Å²) in [5, 5.41) is 4.68. The number of amides is 2. The van der Waals surface area contributed by atoms with Crippen molar-refractivity contribution in [2.45, 2.75) is 43.8 Å². The predicted octanol–water partition coefficient (Wildman–Crippen LogP) is 3.73. The quantitative estimate of drug-likeness (QED) is 0.173. The first-order chi connectivity index (χ1) is 21.0. The first-order valence-corrected chi connectivity index (χ1v) is 16.7. The first-order valence-electron chi connectivity index (χ1n) is 13.7. The van der Waals surface area contributed by atoms with Gasteiger partial charge in [0.2, 0.25) is 21.8 Å². The van der Waals surface area contributed by atoms with Crippen LogP contribution in [-0.2, 0) is 35.9 Å². The van der Waals surface area contributed by atoms with Gasteiger partial charge in [0.15, 0.2) is 5.75 Å². The second-order valence-corrected chi connectivity index (χ2v) is 13.4. The van der Waals surface area contributed by atoms with Crippen molar-refractivity contribution in [3.63, 3.8) is 0 Å². The highest BCUT2D eigenvalue weighted by Gasteiger charge is 2.40. The van der Waals surface area contributed by atoms with Crippen molar-refractivity contribution in [2.24, 2.45) is 0 Å². The van der Waals surface area contributed by atoms with Crippen LogP contribution in [-0.4, -0.2) is 67.9 Å². The molecule has 3 N–H and O–H groups in total. The van der Waals surface area contributed by atoms with Gasteiger partial charge >= 0.3 is 6.18 Å². The molecule has 244 valence electrons. The highest BCUT2D eigenvalue weighted by atomic mass is 32.2. The minimum Gasteiger partial charge on any atom is -0.354 e. The number of aromatic nitrogens is 1. The Hall–Kier alpha value is -3.86. The molecule has 1 heterocycles. The Morgan fingerprint density at radius 2 is 1.64 bits per heavy atom. The van der Waals surface area contributed by atoms with Gasteiger partial charge < -0.3 is 10.6 Å². The van der Waals surface area contributed by atoms with Gasteiger partial charge in [-0.2, -0.15) is 25.9 Å². The molecule has 0 radical (unpaired) electrons. The van der Waals surface area contributed by atoms with Crippen LogP contribution in [0, 0.1) is 6.92 Å². The van der Waals surface area contributed by atoms with Crippen LogP contribution in [0.1, 0.15) is 42.5 Å². The van der Waals surface area contributed by atoms with Crippen LogP contribution in [0.2, 0.25) is 0 Å². The average Bonchev–Trinajstić information content (AvgIpc) is 2.96. The fourth-order valence-electron chi connectivity index (χ4n) is 4.61. The fraction of sp³-hybridized carbons (Fsp3) is 0.345. The number of carbonyl (C=O) groups is 2. The summed E-state index contributed by atoms with van der Waals surface area (Å²) in [6.45, 7) is 2.89. The van der Waals surface area contributed by atoms with Gasteiger partial charge in [-0.25, -0.2) is 8.42 Å². The lowest BCUT2D eigenvalue weighted by Gasteiger charge is -2.30. The van der Waals surface area contributed by atoms with Gasteiger partial charge in [-0.3, -0.25) is 19.1 Å². The molecule has 16 heteroatoms. The Bertz CT molecular complexity index is 1730. The normalized spacial score (nSPS) is 13.0. The van der Waals surface area contributed by atoms with E-state index in [0.29, 0.717) is 11.6 Å². The van der Waals surface area contributed by atoms with Crippen LogP contribution in [0.3, 0.4) is 0 Å². The van der Waals surface area contributed by atoms with Gasteiger partial charge in [-0.05, 0) is 66.8 Å². The number of nitrogens with one attached hydrogen (secondary N) is 2. The molecule has 0 aliphatic heterocycles. The van der Waals surface area contributed by atoms with E-state index in [2.05, 4.69) is 15.6 Å². The van der Waals surface area contributed by atoms with E-state index in [-0.39, 0.29) is 32.5 Å². The van der Waals surface area contributed by atoms with E-state index >= 15 is 0 Å². The van der Waals surface area contributed by atoms with Crippen molar-refractivity contribution in [1.82, 2.24) is 19.9 Å². The highest BCUT2D eigenvalue weighted by Crippen LogP contribution is 2.38. The number of benzene rings is 2. The summed E-state index contributed by atoms with van der Waals surface area (Å²) < 4.78 is 100. The third kappa shape index (κ3) is 10.1. The number of sulfonamides is 1. The maximum Gasteiger partial charge on any atom is 0.417 e. The maximum absolute atomic E-state index is 13.9. The Labute approximate surface area is 259 Å². The lowest BCUT2D eigenvalue weighted by Crippen LogP contribution is -2.38. The first kappa shape index (κ1) is 35.6. The molecule has 1 aromatic heterocycles. The molecule has 0 saturated carbocycles. The second-order valence-electron chi connectivity index (χ2n) is 10.1. The molecule has 45 heavy (non-hydrogen) atoms. The van der Waals surface area contributed by atoms with Crippen molar-refractivity contribution >= 4 is 32.0 Å². The number of alkyl halides is 3. The zero-order chi connectivity index (χ0) is 33.4. The van der Waals surface area contributed by atoms with Gasteiger partial charge in [0.25, 0.3) is 10.1 Å². The highest BCUT2D eigenvalue weighted by molar-refractivity contribution is 7.89. The van der Waals surface area contributed by atoms with Gasteiger partial charge in [0.1, 0.15) is 0 Å². The third-order valence-corrected chi connectivity index (χ3v) is 9.43. The Morgan fingerprint density at radius 3 is 2.29 bits per heavy atom. The summed E-state index contributed by atoms with van der Waals surface area (Å²) in [6.07, 6.45) is -1.90. The van der Waals surface area contributed by atoms with Crippen molar-refractivity contribution in [3.8, 4) is 11.1 Å². The number of nitrogens with zero attached hydrogens (tertiary/aromatic N) is 2.